The average molecular weight is 307 g/mol. The molecule has 0 radical (unpaired) electrons. The topological polar surface area (TPSA) is 64.6 Å². The number of hydrogen-bond donors (Lipinski definition) is 3. The molecule has 1 aromatic rings. The highest BCUT2D eigenvalue weighted by molar-refractivity contribution is 5.74. The highest BCUT2D eigenvalue weighted by atomic mass is 16.3. The second kappa shape index (κ2) is 9.43. The van der Waals surface area contributed by atoms with E-state index >= 15 is 0 Å². The number of carbonyl (C=O) groups excluding carboxylic acids is 1. The molecule has 124 valence electrons. The summed E-state index contributed by atoms with van der Waals surface area (Å²) in [7, 11) is 2.03. The number of aliphatic hydroxyl groups excluding tert-OH is 1. The lowest BCUT2D eigenvalue weighted by atomic mass is 10.1. The van der Waals surface area contributed by atoms with Crippen LogP contribution in [-0.2, 0) is 6.54 Å². The summed E-state index contributed by atoms with van der Waals surface area (Å²) in [6.45, 7) is 7.70. The van der Waals surface area contributed by atoms with Crippen LogP contribution in [0.25, 0.3) is 0 Å². The Bertz CT molecular complexity index is 437. The Balaban J connectivity index is 2.27. The quantitative estimate of drug-likeness (QED) is 0.686. The van der Waals surface area contributed by atoms with Gasteiger partial charge in [-0.3, -0.25) is 0 Å². The average Bonchev–Trinajstić information content (AvgIpc) is 2.45. The maximum absolute atomic E-state index is 11.8. The zero-order valence-electron chi connectivity index (χ0n) is 14.0. The number of likely N-dealkylation sites (N-methyl/N-ethyl adjacent to an activating group) is 1. The first-order valence-electron chi connectivity index (χ1n) is 7.83. The molecule has 2 atom stereocenters. The number of benzene rings is 1. The highest BCUT2D eigenvalue weighted by Crippen LogP contribution is 2.03. The zero-order valence-corrected chi connectivity index (χ0v) is 14.0. The molecule has 0 saturated heterocycles. The number of amides is 2. The van der Waals surface area contributed by atoms with Crippen LogP contribution in [0.3, 0.4) is 0 Å². The summed E-state index contributed by atoms with van der Waals surface area (Å²) in [5, 5.41) is 15.3. The number of carbonyl (C=O) groups is 1. The van der Waals surface area contributed by atoms with Crippen molar-refractivity contribution in [2.75, 3.05) is 20.1 Å². The van der Waals surface area contributed by atoms with Crippen LogP contribution in [-0.4, -0.2) is 48.3 Å². The fourth-order valence-electron chi connectivity index (χ4n) is 2.18. The first-order valence-corrected chi connectivity index (χ1v) is 7.83. The summed E-state index contributed by atoms with van der Waals surface area (Å²) in [6.07, 6.45) is -0.512. The van der Waals surface area contributed by atoms with Gasteiger partial charge in [-0.05, 0) is 25.5 Å². The van der Waals surface area contributed by atoms with Crippen molar-refractivity contribution in [1.29, 1.82) is 0 Å². The summed E-state index contributed by atoms with van der Waals surface area (Å²) in [4.78, 5) is 13.9. The maximum atomic E-state index is 11.8. The van der Waals surface area contributed by atoms with Crippen molar-refractivity contribution in [3.05, 3.63) is 35.9 Å². The van der Waals surface area contributed by atoms with Crippen molar-refractivity contribution in [3.8, 4) is 0 Å². The van der Waals surface area contributed by atoms with Gasteiger partial charge in [0.2, 0.25) is 0 Å². The molecule has 0 fully saturated rings. The third kappa shape index (κ3) is 7.43. The first-order chi connectivity index (χ1) is 10.4. The molecule has 0 bridgehead atoms. The van der Waals surface area contributed by atoms with E-state index in [0.717, 1.165) is 13.1 Å². The second-order valence-corrected chi connectivity index (χ2v) is 6.25. The predicted molar refractivity (Wildman–Crippen MR) is 89.6 cm³/mol. The van der Waals surface area contributed by atoms with Gasteiger partial charge in [0.1, 0.15) is 0 Å². The number of aliphatic hydroxyl groups is 1. The number of rotatable bonds is 8. The van der Waals surface area contributed by atoms with Crippen molar-refractivity contribution in [2.45, 2.75) is 39.5 Å². The molecule has 0 aliphatic heterocycles. The van der Waals surface area contributed by atoms with Crippen LogP contribution in [0.1, 0.15) is 26.3 Å². The van der Waals surface area contributed by atoms with Crippen molar-refractivity contribution in [1.82, 2.24) is 15.5 Å². The van der Waals surface area contributed by atoms with Gasteiger partial charge in [-0.1, -0.05) is 44.2 Å². The Labute approximate surface area is 133 Å². The summed E-state index contributed by atoms with van der Waals surface area (Å²) in [6, 6.07) is 10.0. The Kier molecular flexibility index (Phi) is 7.91. The fourth-order valence-corrected chi connectivity index (χ4v) is 2.18. The third-order valence-corrected chi connectivity index (χ3v) is 3.50. The van der Waals surface area contributed by atoms with Crippen LogP contribution in [0.4, 0.5) is 4.79 Å². The SMILES string of the molecule is CC(CN(C)Cc1ccccc1)NC(=O)NCC(O)C(C)C. The van der Waals surface area contributed by atoms with E-state index in [1.54, 1.807) is 0 Å². The Hall–Kier alpha value is -1.59. The molecule has 2 unspecified atom stereocenters. The van der Waals surface area contributed by atoms with Crippen LogP contribution in [0.5, 0.6) is 0 Å². The molecule has 1 rings (SSSR count). The molecule has 22 heavy (non-hydrogen) atoms. The van der Waals surface area contributed by atoms with Crippen molar-refractivity contribution in [3.63, 3.8) is 0 Å². The van der Waals surface area contributed by atoms with E-state index in [2.05, 4.69) is 27.7 Å². The lowest BCUT2D eigenvalue weighted by molar-refractivity contribution is 0.124. The largest absolute Gasteiger partial charge is 0.391 e. The van der Waals surface area contributed by atoms with Crippen molar-refractivity contribution in [2.24, 2.45) is 5.92 Å². The van der Waals surface area contributed by atoms with Gasteiger partial charge >= 0.3 is 6.03 Å². The van der Waals surface area contributed by atoms with E-state index in [1.165, 1.54) is 5.56 Å². The van der Waals surface area contributed by atoms with Gasteiger partial charge in [-0.25, -0.2) is 4.79 Å². The van der Waals surface area contributed by atoms with Gasteiger partial charge < -0.3 is 20.6 Å². The van der Waals surface area contributed by atoms with Gasteiger partial charge in [0.15, 0.2) is 0 Å². The standard InChI is InChI=1S/C17H29N3O2/c1-13(2)16(21)10-18-17(22)19-14(3)11-20(4)12-15-8-6-5-7-9-15/h5-9,13-14,16,21H,10-12H2,1-4H3,(H2,18,19,22). The molecule has 0 aliphatic carbocycles. The van der Waals surface area contributed by atoms with Crippen LogP contribution < -0.4 is 10.6 Å². The van der Waals surface area contributed by atoms with Gasteiger partial charge in [0.05, 0.1) is 6.10 Å². The first kappa shape index (κ1) is 18.5. The molecular weight excluding hydrogens is 278 g/mol. The molecule has 5 nitrogen and oxygen atoms in total. The number of urea groups is 1. The van der Waals surface area contributed by atoms with E-state index in [-0.39, 0.29) is 24.5 Å². The van der Waals surface area contributed by atoms with Crippen molar-refractivity contribution < 1.29 is 9.90 Å². The molecule has 0 aliphatic rings. The van der Waals surface area contributed by atoms with E-state index < -0.39 is 6.10 Å². The molecule has 0 aromatic heterocycles. The molecule has 0 spiro atoms. The molecule has 3 N–H and O–H groups in total. The number of hydrogen-bond acceptors (Lipinski definition) is 3. The Morgan fingerprint density at radius 2 is 1.86 bits per heavy atom. The van der Waals surface area contributed by atoms with Crippen LogP contribution in [0, 0.1) is 5.92 Å². The third-order valence-electron chi connectivity index (χ3n) is 3.50. The minimum absolute atomic E-state index is 0.0323. The monoisotopic (exact) mass is 307 g/mol. The predicted octanol–water partition coefficient (Wildman–Crippen LogP) is 1.82. The van der Waals surface area contributed by atoms with Gasteiger partial charge in [0, 0.05) is 25.7 Å². The van der Waals surface area contributed by atoms with Gasteiger partial charge in [-0.2, -0.15) is 0 Å². The minimum atomic E-state index is -0.512. The smallest absolute Gasteiger partial charge is 0.315 e. The maximum Gasteiger partial charge on any atom is 0.315 e. The van der Waals surface area contributed by atoms with Gasteiger partial charge in [-0.15, -0.1) is 0 Å². The highest BCUT2D eigenvalue weighted by Gasteiger charge is 2.13. The normalized spacial score (nSPS) is 14.0. The summed E-state index contributed by atoms with van der Waals surface area (Å²) in [5.74, 6) is 0.134. The molecule has 2 amide bonds. The summed E-state index contributed by atoms with van der Waals surface area (Å²) < 4.78 is 0. The minimum Gasteiger partial charge on any atom is -0.391 e. The molecular formula is C17H29N3O2. The van der Waals surface area contributed by atoms with Crippen LogP contribution >= 0.6 is 0 Å². The van der Waals surface area contributed by atoms with E-state index in [0.29, 0.717) is 0 Å². The van der Waals surface area contributed by atoms with E-state index in [9.17, 15) is 9.90 Å². The van der Waals surface area contributed by atoms with Crippen LogP contribution in [0.2, 0.25) is 0 Å². The fraction of sp³-hybridized carbons (Fsp3) is 0.588. The number of nitrogens with zero attached hydrogens (tertiary/aromatic N) is 1. The Morgan fingerprint density at radius 1 is 1.23 bits per heavy atom. The van der Waals surface area contributed by atoms with Gasteiger partial charge in [0.25, 0.3) is 0 Å². The summed E-state index contributed by atoms with van der Waals surface area (Å²) >= 11 is 0. The lowest BCUT2D eigenvalue weighted by Gasteiger charge is -2.23. The van der Waals surface area contributed by atoms with E-state index in [4.69, 9.17) is 0 Å². The molecule has 1 aromatic carbocycles. The Morgan fingerprint density at radius 3 is 2.45 bits per heavy atom. The zero-order chi connectivity index (χ0) is 16.5. The number of nitrogens with one attached hydrogen (secondary N) is 2. The van der Waals surface area contributed by atoms with Crippen LogP contribution in [0.15, 0.2) is 30.3 Å². The lowest BCUT2D eigenvalue weighted by Crippen LogP contribution is -2.47. The molecule has 5 heteroatoms. The molecule has 0 heterocycles. The second-order valence-electron chi connectivity index (χ2n) is 6.25. The van der Waals surface area contributed by atoms with Crippen molar-refractivity contribution >= 4 is 6.03 Å². The molecule has 0 saturated carbocycles. The van der Waals surface area contributed by atoms with E-state index in [1.807, 2.05) is 46.0 Å². The summed E-state index contributed by atoms with van der Waals surface area (Å²) in [5.41, 5.74) is 1.25.